The quantitative estimate of drug-likeness (QED) is 0.909. The second kappa shape index (κ2) is 6.50. The van der Waals surface area contributed by atoms with Crippen molar-refractivity contribution in [3.8, 4) is 5.69 Å². The molecule has 0 spiro atoms. The van der Waals surface area contributed by atoms with E-state index in [0.717, 1.165) is 0 Å². The third-order valence-corrected chi connectivity index (χ3v) is 3.74. The molecule has 124 valence electrons. The highest BCUT2D eigenvalue weighted by atomic mass is 19.1. The molecule has 1 aromatic carbocycles. The summed E-state index contributed by atoms with van der Waals surface area (Å²) < 4.78 is 14.5. The van der Waals surface area contributed by atoms with E-state index >= 15 is 0 Å². The van der Waals surface area contributed by atoms with Crippen molar-refractivity contribution < 1.29 is 14.3 Å². The van der Waals surface area contributed by atoms with Crippen molar-refractivity contribution in [3.05, 3.63) is 47.5 Å². The molecule has 0 radical (unpaired) electrons. The standard InChI is InChI=1S/C17H22FN3O2/c1-11-9-21(13-7-5-12(18)6-8-13)20-15(11)16(23)19-14(10-22)17(2,3)4/h5-9,14,22H,10H2,1-4H3,(H,19,23)/t14-/m0/s1. The number of nitrogens with one attached hydrogen (secondary N) is 1. The number of halogens is 1. The van der Waals surface area contributed by atoms with Gasteiger partial charge in [-0.15, -0.1) is 0 Å². The monoisotopic (exact) mass is 319 g/mol. The van der Waals surface area contributed by atoms with Crippen molar-refractivity contribution in [1.29, 1.82) is 0 Å². The first-order valence-corrected chi connectivity index (χ1v) is 7.46. The number of aliphatic hydroxyl groups excluding tert-OH is 1. The molecule has 1 heterocycles. The summed E-state index contributed by atoms with van der Waals surface area (Å²) in [5.74, 6) is -0.663. The maximum atomic E-state index is 13.0. The molecule has 0 aliphatic carbocycles. The van der Waals surface area contributed by atoms with Crippen molar-refractivity contribution in [1.82, 2.24) is 15.1 Å². The van der Waals surface area contributed by atoms with E-state index in [0.29, 0.717) is 11.3 Å². The molecule has 1 aromatic heterocycles. The number of aliphatic hydroxyl groups is 1. The molecule has 0 bridgehead atoms. The van der Waals surface area contributed by atoms with Crippen LogP contribution in [-0.4, -0.2) is 33.4 Å². The molecule has 2 rings (SSSR count). The van der Waals surface area contributed by atoms with Crippen LogP contribution in [0.15, 0.2) is 30.5 Å². The average Bonchev–Trinajstić information content (AvgIpc) is 2.86. The van der Waals surface area contributed by atoms with E-state index in [-0.39, 0.29) is 35.5 Å². The van der Waals surface area contributed by atoms with E-state index in [1.54, 1.807) is 25.3 Å². The van der Waals surface area contributed by atoms with Crippen molar-refractivity contribution >= 4 is 5.91 Å². The van der Waals surface area contributed by atoms with Gasteiger partial charge in [0.25, 0.3) is 5.91 Å². The summed E-state index contributed by atoms with van der Waals surface area (Å²) >= 11 is 0. The lowest BCUT2D eigenvalue weighted by atomic mass is 9.87. The Hall–Kier alpha value is -2.21. The highest BCUT2D eigenvalue weighted by Crippen LogP contribution is 2.20. The van der Waals surface area contributed by atoms with Gasteiger partial charge in [-0.25, -0.2) is 9.07 Å². The van der Waals surface area contributed by atoms with Gasteiger partial charge in [0.1, 0.15) is 5.82 Å². The molecule has 0 aliphatic heterocycles. The molecule has 0 unspecified atom stereocenters. The summed E-state index contributed by atoms with van der Waals surface area (Å²) in [6, 6.07) is 5.50. The molecule has 2 aromatic rings. The molecular weight excluding hydrogens is 297 g/mol. The van der Waals surface area contributed by atoms with Gasteiger partial charge in [-0.3, -0.25) is 4.79 Å². The molecule has 0 aliphatic rings. The van der Waals surface area contributed by atoms with Gasteiger partial charge in [-0.05, 0) is 36.6 Å². The number of carbonyl (C=O) groups excluding carboxylic acids is 1. The van der Waals surface area contributed by atoms with Gasteiger partial charge in [-0.1, -0.05) is 20.8 Å². The minimum atomic E-state index is -0.370. The van der Waals surface area contributed by atoms with Gasteiger partial charge in [0, 0.05) is 11.8 Å². The Morgan fingerprint density at radius 2 is 1.96 bits per heavy atom. The molecule has 0 saturated carbocycles. The third-order valence-electron chi connectivity index (χ3n) is 3.74. The van der Waals surface area contributed by atoms with Crippen LogP contribution in [0.25, 0.3) is 5.69 Å². The number of amides is 1. The largest absolute Gasteiger partial charge is 0.394 e. The van der Waals surface area contributed by atoms with E-state index in [1.165, 1.54) is 16.8 Å². The van der Waals surface area contributed by atoms with E-state index in [2.05, 4.69) is 10.4 Å². The Morgan fingerprint density at radius 3 is 2.48 bits per heavy atom. The average molecular weight is 319 g/mol. The second-order valence-electron chi connectivity index (χ2n) is 6.66. The van der Waals surface area contributed by atoms with Gasteiger partial charge in [0.15, 0.2) is 5.69 Å². The van der Waals surface area contributed by atoms with E-state index in [9.17, 15) is 14.3 Å². The molecule has 1 amide bonds. The summed E-state index contributed by atoms with van der Waals surface area (Å²) in [4.78, 5) is 12.4. The van der Waals surface area contributed by atoms with Crippen molar-refractivity contribution in [2.45, 2.75) is 33.7 Å². The fraction of sp³-hybridized carbons (Fsp3) is 0.412. The van der Waals surface area contributed by atoms with Crippen LogP contribution < -0.4 is 5.32 Å². The van der Waals surface area contributed by atoms with Crippen LogP contribution in [0.5, 0.6) is 0 Å². The number of nitrogens with zero attached hydrogens (tertiary/aromatic N) is 2. The zero-order valence-electron chi connectivity index (χ0n) is 13.8. The first-order chi connectivity index (χ1) is 10.7. The summed E-state index contributed by atoms with van der Waals surface area (Å²) in [5.41, 5.74) is 1.40. The molecule has 5 nitrogen and oxygen atoms in total. The number of aryl methyl sites for hydroxylation is 1. The van der Waals surface area contributed by atoms with Gasteiger partial charge >= 0.3 is 0 Å². The van der Waals surface area contributed by atoms with Crippen molar-refractivity contribution in [3.63, 3.8) is 0 Å². The molecule has 23 heavy (non-hydrogen) atoms. The molecule has 2 N–H and O–H groups in total. The number of aromatic nitrogens is 2. The van der Waals surface area contributed by atoms with Gasteiger partial charge < -0.3 is 10.4 Å². The molecule has 1 atom stereocenters. The smallest absolute Gasteiger partial charge is 0.272 e. The van der Waals surface area contributed by atoms with Crippen LogP contribution in [0.2, 0.25) is 0 Å². The minimum absolute atomic E-state index is 0.146. The lowest BCUT2D eigenvalue weighted by Gasteiger charge is -2.29. The molecule has 6 heteroatoms. The molecular formula is C17H22FN3O2. The second-order valence-corrected chi connectivity index (χ2v) is 6.66. The number of hydrogen-bond acceptors (Lipinski definition) is 3. The van der Waals surface area contributed by atoms with Gasteiger partial charge in [-0.2, -0.15) is 5.10 Å². The Labute approximate surface area is 135 Å². The zero-order valence-corrected chi connectivity index (χ0v) is 13.8. The Balaban J connectivity index is 2.24. The maximum Gasteiger partial charge on any atom is 0.272 e. The van der Waals surface area contributed by atoms with Crippen LogP contribution in [0, 0.1) is 18.2 Å². The Bertz CT molecular complexity index is 687. The third kappa shape index (κ3) is 3.96. The first-order valence-electron chi connectivity index (χ1n) is 7.46. The Kier molecular flexibility index (Phi) is 4.85. The fourth-order valence-electron chi connectivity index (χ4n) is 2.17. The molecule has 0 saturated heterocycles. The van der Waals surface area contributed by atoms with Crippen LogP contribution >= 0.6 is 0 Å². The van der Waals surface area contributed by atoms with Gasteiger partial charge in [0.2, 0.25) is 0 Å². The number of hydrogen-bond donors (Lipinski definition) is 2. The highest BCUT2D eigenvalue weighted by molar-refractivity contribution is 5.93. The normalized spacial score (nSPS) is 13.0. The summed E-state index contributed by atoms with van der Waals surface area (Å²) in [6.45, 7) is 7.47. The SMILES string of the molecule is Cc1cn(-c2ccc(F)cc2)nc1C(=O)N[C@@H](CO)C(C)(C)C. The van der Waals surface area contributed by atoms with Crippen LogP contribution in [0.4, 0.5) is 4.39 Å². The summed E-state index contributed by atoms with van der Waals surface area (Å²) in [7, 11) is 0. The van der Waals surface area contributed by atoms with Gasteiger partial charge in [0.05, 0.1) is 18.3 Å². The first kappa shape index (κ1) is 17.1. The number of benzene rings is 1. The van der Waals surface area contributed by atoms with E-state index in [4.69, 9.17) is 0 Å². The number of rotatable bonds is 4. The predicted octanol–water partition coefficient (Wildman–Crippen LogP) is 2.46. The van der Waals surface area contributed by atoms with Crippen molar-refractivity contribution in [2.24, 2.45) is 5.41 Å². The lowest BCUT2D eigenvalue weighted by Crippen LogP contribution is -2.46. The topological polar surface area (TPSA) is 67.2 Å². The summed E-state index contributed by atoms with van der Waals surface area (Å²) in [6.07, 6.45) is 1.72. The van der Waals surface area contributed by atoms with Crippen LogP contribution in [-0.2, 0) is 0 Å². The minimum Gasteiger partial charge on any atom is -0.394 e. The van der Waals surface area contributed by atoms with E-state index < -0.39 is 0 Å². The summed E-state index contributed by atoms with van der Waals surface area (Å²) in [5, 5.41) is 16.6. The van der Waals surface area contributed by atoms with Crippen LogP contribution in [0.3, 0.4) is 0 Å². The predicted molar refractivity (Wildman–Crippen MR) is 86.1 cm³/mol. The van der Waals surface area contributed by atoms with E-state index in [1.807, 2.05) is 20.8 Å². The fourth-order valence-corrected chi connectivity index (χ4v) is 2.17. The highest BCUT2D eigenvalue weighted by Gasteiger charge is 2.27. The van der Waals surface area contributed by atoms with Crippen molar-refractivity contribution in [2.75, 3.05) is 6.61 Å². The zero-order chi connectivity index (χ0) is 17.2. The molecule has 0 fully saturated rings. The Morgan fingerprint density at radius 1 is 1.35 bits per heavy atom. The lowest BCUT2D eigenvalue weighted by molar-refractivity contribution is 0.0842. The van der Waals surface area contributed by atoms with Crippen LogP contribution in [0.1, 0.15) is 36.8 Å². The maximum absolute atomic E-state index is 13.0. The number of carbonyl (C=O) groups is 1.